The Morgan fingerprint density at radius 3 is 2.86 bits per heavy atom. The number of halogens is 1. The fraction of sp³-hybridized carbons (Fsp3) is 0.462. The van der Waals surface area contributed by atoms with Gasteiger partial charge >= 0.3 is 7.12 Å². The van der Waals surface area contributed by atoms with E-state index < -0.39 is 37.9 Å². The lowest BCUT2D eigenvalue weighted by molar-refractivity contribution is -0.141. The van der Waals surface area contributed by atoms with Gasteiger partial charge in [-0.1, -0.05) is 0 Å². The van der Waals surface area contributed by atoms with E-state index in [4.69, 9.17) is 4.65 Å². The molecule has 0 saturated carbocycles. The molecule has 2 atom stereocenters. The van der Waals surface area contributed by atoms with Crippen LogP contribution in [0.4, 0.5) is 4.39 Å². The highest BCUT2D eigenvalue weighted by Crippen LogP contribution is 2.17. The number of alkyl halides is 1. The topological polar surface area (TPSA) is 91.8 Å². The quantitative estimate of drug-likeness (QED) is 0.754. The van der Waals surface area contributed by atoms with Gasteiger partial charge in [0.05, 0.1) is 6.04 Å². The summed E-state index contributed by atoms with van der Waals surface area (Å²) < 4.78 is 18.2. The minimum absolute atomic E-state index is 0.0439. The third kappa shape index (κ3) is 3.60. The molecule has 1 aromatic heterocycles. The second-order valence-corrected chi connectivity index (χ2v) is 4.85. The van der Waals surface area contributed by atoms with Gasteiger partial charge in [-0.3, -0.25) is 14.6 Å². The van der Waals surface area contributed by atoms with E-state index in [0.717, 1.165) is 0 Å². The van der Waals surface area contributed by atoms with Crippen molar-refractivity contribution in [1.82, 2.24) is 15.2 Å². The summed E-state index contributed by atoms with van der Waals surface area (Å²) in [6.07, 6.45) is 1.48. The van der Waals surface area contributed by atoms with Crippen molar-refractivity contribution in [3.63, 3.8) is 0 Å². The summed E-state index contributed by atoms with van der Waals surface area (Å²) in [5.74, 6) is -1.12. The molecule has 2 amide bonds. The molecule has 1 aliphatic rings. The monoisotopic (exact) mass is 309 g/mol. The molecular weight excluding hydrogens is 292 g/mol. The van der Waals surface area contributed by atoms with E-state index in [1.54, 1.807) is 6.92 Å². The summed E-state index contributed by atoms with van der Waals surface area (Å²) in [7, 11) is -1.33. The van der Waals surface area contributed by atoms with E-state index in [1.807, 2.05) is 0 Å². The van der Waals surface area contributed by atoms with Crippen molar-refractivity contribution in [1.29, 1.82) is 0 Å². The molecular formula is C13H17BFN3O4. The molecule has 7 nitrogen and oxygen atoms in total. The zero-order valence-electron chi connectivity index (χ0n) is 12.1. The Morgan fingerprint density at radius 1 is 1.59 bits per heavy atom. The maximum atomic E-state index is 13.0. The molecule has 2 heterocycles. The Kier molecular flexibility index (Phi) is 5.45. The number of carbonyl (C=O) groups excluding carboxylic acids is 2. The van der Waals surface area contributed by atoms with Gasteiger partial charge in [-0.15, -0.1) is 0 Å². The van der Waals surface area contributed by atoms with Gasteiger partial charge in [0, 0.05) is 30.8 Å². The normalized spacial score (nSPS) is 22.4. The highest BCUT2D eigenvalue weighted by molar-refractivity contribution is 6.43. The molecule has 1 aromatic rings. The van der Waals surface area contributed by atoms with Crippen LogP contribution in [-0.4, -0.2) is 59.3 Å². The number of nitrogens with zero attached hydrogens (tertiary/aromatic N) is 2. The molecule has 0 radical (unpaired) electrons. The van der Waals surface area contributed by atoms with Crippen LogP contribution in [0.5, 0.6) is 0 Å². The summed E-state index contributed by atoms with van der Waals surface area (Å²) in [4.78, 5) is 29.5. The van der Waals surface area contributed by atoms with Crippen LogP contribution in [0.15, 0.2) is 24.5 Å². The number of hydrogen-bond acceptors (Lipinski definition) is 5. The lowest BCUT2D eigenvalue weighted by Crippen LogP contribution is -2.51. The summed E-state index contributed by atoms with van der Waals surface area (Å²) >= 11 is 0. The lowest BCUT2D eigenvalue weighted by atomic mass is 9.81. The van der Waals surface area contributed by atoms with Crippen molar-refractivity contribution in [3.05, 3.63) is 30.1 Å². The minimum Gasteiger partial charge on any atom is -0.427 e. The first-order chi connectivity index (χ1) is 10.6. The van der Waals surface area contributed by atoms with Crippen LogP contribution in [0.1, 0.15) is 17.3 Å². The number of nitrogens with one attached hydrogen (secondary N) is 1. The van der Waals surface area contributed by atoms with Crippen LogP contribution in [-0.2, 0) is 9.45 Å². The molecule has 0 aliphatic carbocycles. The van der Waals surface area contributed by atoms with Gasteiger partial charge < -0.3 is 19.9 Å². The van der Waals surface area contributed by atoms with Gasteiger partial charge in [-0.2, -0.15) is 0 Å². The number of aromatic nitrogens is 1. The molecule has 2 rings (SSSR count). The zero-order valence-corrected chi connectivity index (χ0v) is 12.1. The summed E-state index contributed by atoms with van der Waals surface area (Å²) in [5.41, 5.74) is 0.301. The molecule has 0 aromatic carbocycles. The molecule has 1 aliphatic heterocycles. The average molecular weight is 309 g/mol. The van der Waals surface area contributed by atoms with E-state index >= 15 is 0 Å². The van der Waals surface area contributed by atoms with Crippen LogP contribution in [0.25, 0.3) is 0 Å². The number of rotatable bonds is 4. The fourth-order valence-electron chi connectivity index (χ4n) is 2.32. The van der Waals surface area contributed by atoms with Crippen LogP contribution < -0.4 is 5.32 Å². The highest BCUT2D eigenvalue weighted by Gasteiger charge is 2.39. The Balaban J connectivity index is 2.15. The van der Waals surface area contributed by atoms with E-state index in [1.165, 1.54) is 29.4 Å². The number of carbonyl (C=O) groups is 2. The van der Waals surface area contributed by atoms with E-state index in [-0.39, 0.29) is 12.9 Å². The van der Waals surface area contributed by atoms with Crippen LogP contribution in [0.2, 0.25) is 6.32 Å². The number of amides is 2. The Bertz CT molecular complexity index is 533. The molecule has 2 unspecified atom stereocenters. The van der Waals surface area contributed by atoms with Gasteiger partial charge in [-0.05, 0) is 19.1 Å². The predicted molar refractivity (Wildman–Crippen MR) is 76.5 cm³/mol. The molecule has 1 fully saturated rings. The maximum absolute atomic E-state index is 13.0. The van der Waals surface area contributed by atoms with Crippen LogP contribution >= 0.6 is 0 Å². The van der Waals surface area contributed by atoms with Gasteiger partial charge in [-0.25, -0.2) is 4.39 Å². The first-order valence-corrected chi connectivity index (χ1v) is 6.97. The summed E-state index contributed by atoms with van der Waals surface area (Å²) in [5, 5.41) is 12.1. The van der Waals surface area contributed by atoms with Crippen molar-refractivity contribution >= 4 is 18.9 Å². The van der Waals surface area contributed by atoms with Crippen LogP contribution in [0.3, 0.4) is 0 Å². The zero-order chi connectivity index (χ0) is 16.1. The Labute approximate surface area is 127 Å². The molecule has 0 bridgehead atoms. The third-order valence-electron chi connectivity index (χ3n) is 3.44. The van der Waals surface area contributed by atoms with Gasteiger partial charge in [0.2, 0.25) is 0 Å². The van der Waals surface area contributed by atoms with Crippen molar-refractivity contribution in [2.45, 2.75) is 25.5 Å². The fourth-order valence-corrected chi connectivity index (χ4v) is 2.32. The standard InChI is InChI=1S/C13H17BFN3O4/c1-2-18-10(8-15)7-14(21)22-12(13(18)20)17-11(19)9-3-5-16-6-4-9/h3-6,10,12,21H,2,7-8H2,1H3,(H,17,19). The molecule has 0 spiro atoms. The summed E-state index contributed by atoms with van der Waals surface area (Å²) in [6, 6.07) is 2.19. The van der Waals surface area contributed by atoms with E-state index in [9.17, 15) is 19.0 Å². The average Bonchev–Trinajstić information content (AvgIpc) is 2.64. The molecule has 2 N–H and O–H groups in total. The largest absolute Gasteiger partial charge is 0.458 e. The Morgan fingerprint density at radius 2 is 2.27 bits per heavy atom. The number of hydrogen-bond donors (Lipinski definition) is 2. The van der Waals surface area contributed by atoms with Crippen LogP contribution in [0, 0.1) is 0 Å². The number of pyridine rings is 1. The third-order valence-corrected chi connectivity index (χ3v) is 3.44. The SMILES string of the molecule is CCN1C(=O)C(NC(=O)c2ccncc2)OB(O)CC1CF. The van der Waals surface area contributed by atoms with E-state index in [2.05, 4.69) is 10.3 Å². The van der Waals surface area contributed by atoms with E-state index in [0.29, 0.717) is 5.56 Å². The molecule has 22 heavy (non-hydrogen) atoms. The molecule has 118 valence electrons. The van der Waals surface area contributed by atoms with Gasteiger partial charge in [0.1, 0.15) is 6.67 Å². The second kappa shape index (κ2) is 7.32. The first-order valence-electron chi connectivity index (χ1n) is 6.97. The highest BCUT2D eigenvalue weighted by atomic mass is 19.1. The predicted octanol–water partition coefficient (Wildman–Crippen LogP) is -0.165. The van der Waals surface area contributed by atoms with Crippen molar-refractivity contribution in [3.8, 4) is 0 Å². The summed E-state index contributed by atoms with van der Waals surface area (Å²) in [6.45, 7) is 1.16. The molecule has 9 heteroatoms. The minimum atomic E-state index is -1.35. The Hall–Kier alpha value is -2.00. The lowest BCUT2D eigenvalue weighted by Gasteiger charge is -2.28. The van der Waals surface area contributed by atoms with Gasteiger partial charge in [0.15, 0.2) is 6.23 Å². The first kappa shape index (κ1) is 16.4. The van der Waals surface area contributed by atoms with Crippen molar-refractivity contribution in [2.24, 2.45) is 0 Å². The van der Waals surface area contributed by atoms with Crippen molar-refractivity contribution < 1.29 is 23.7 Å². The van der Waals surface area contributed by atoms with Gasteiger partial charge in [0.25, 0.3) is 11.8 Å². The number of likely N-dealkylation sites (N-methyl/N-ethyl adjacent to an activating group) is 1. The van der Waals surface area contributed by atoms with Crippen molar-refractivity contribution in [2.75, 3.05) is 13.2 Å². The molecule has 1 saturated heterocycles. The second-order valence-electron chi connectivity index (χ2n) is 4.85. The smallest absolute Gasteiger partial charge is 0.427 e. The maximum Gasteiger partial charge on any atom is 0.458 e.